The van der Waals surface area contributed by atoms with Crippen molar-refractivity contribution in [3.8, 4) is 0 Å². The Hall–Kier alpha value is -2.44. The minimum Gasteiger partial charge on any atom is -0.384 e. The molecular weight excluding hydrogens is 316 g/mol. The van der Waals surface area contributed by atoms with Crippen molar-refractivity contribution in [2.24, 2.45) is 5.92 Å². The molecule has 2 aromatic heterocycles. The van der Waals surface area contributed by atoms with Crippen LogP contribution in [0.2, 0.25) is 0 Å². The molecule has 1 amide bonds. The van der Waals surface area contributed by atoms with Crippen molar-refractivity contribution < 1.29 is 4.79 Å². The molecule has 0 atom stereocenters. The van der Waals surface area contributed by atoms with Gasteiger partial charge in [0.05, 0.1) is 5.39 Å². The predicted octanol–water partition coefficient (Wildman–Crippen LogP) is 2.13. The Morgan fingerprint density at radius 3 is 2.84 bits per heavy atom. The van der Waals surface area contributed by atoms with Crippen LogP contribution in [0.4, 0.5) is 11.6 Å². The Morgan fingerprint density at radius 2 is 2.08 bits per heavy atom. The van der Waals surface area contributed by atoms with Crippen LogP contribution in [0.3, 0.4) is 0 Å². The number of hydrogen-bond acceptors (Lipinski definition) is 6. The van der Waals surface area contributed by atoms with Gasteiger partial charge < -0.3 is 16.0 Å². The van der Waals surface area contributed by atoms with Gasteiger partial charge in [-0.05, 0) is 31.4 Å². The molecule has 0 bridgehead atoms. The van der Waals surface area contributed by atoms with Crippen molar-refractivity contribution in [3.63, 3.8) is 0 Å². The van der Waals surface area contributed by atoms with E-state index in [1.165, 1.54) is 12.7 Å². The van der Waals surface area contributed by atoms with Crippen LogP contribution in [-0.4, -0.2) is 40.5 Å². The minimum absolute atomic E-state index is 0.0970. The third-order valence-corrected chi connectivity index (χ3v) is 4.74. The number of pyridine rings is 1. The van der Waals surface area contributed by atoms with Crippen molar-refractivity contribution in [2.75, 3.05) is 30.3 Å². The highest BCUT2D eigenvalue weighted by atomic mass is 16.1. The first kappa shape index (κ1) is 17.4. The molecule has 25 heavy (non-hydrogen) atoms. The number of aromatic nitrogens is 3. The maximum Gasteiger partial charge on any atom is 0.223 e. The second-order valence-electron chi connectivity index (χ2n) is 6.56. The lowest BCUT2D eigenvalue weighted by atomic mass is 9.95. The highest BCUT2D eigenvalue weighted by Crippen LogP contribution is 2.27. The first-order valence-electron chi connectivity index (χ1n) is 9.09. The van der Waals surface area contributed by atoms with Crippen LogP contribution in [0.1, 0.15) is 39.0 Å². The van der Waals surface area contributed by atoms with E-state index in [1.807, 2.05) is 6.07 Å². The van der Waals surface area contributed by atoms with Gasteiger partial charge in [-0.15, -0.1) is 0 Å². The summed E-state index contributed by atoms with van der Waals surface area (Å²) in [6.45, 7) is 4.57. The SMILES string of the molecule is CCCCCNC(=O)C1CCN(c2ncnc3nc(N)ccc23)CC1. The molecule has 0 saturated carbocycles. The van der Waals surface area contributed by atoms with Gasteiger partial charge in [0, 0.05) is 25.6 Å². The van der Waals surface area contributed by atoms with Gasteiger partial charge in [0.1, 0.15) is 18.0 Å². The molecule has 3 rings (SSSR count). The monoisotopic (exact) mass is 342 g/mol. The largest absolute Gasteiger partial charge is 0.384 e. The maximum atomic E-state index is 12.3. The Morgan fingerprint density at radius 1 is 1.28 bits per heavy atom. The first-order chi connectivity index (χ1) is 12.2. The van der Waals surface area contributed by atoms with E-state index >= 15 is 0 Å². The molecule has 7 heteroatoms. The zero-order valence-electron chi connectivity index (χ0n) is 14.7. The Balaban J connectivity index is 1.60. The number of carbonyl (C=O) groups excluding carboxylic acids is 1. The lowest BCUT2D eigenvalue weighted by Crippen LogP contribution is -2.41. The molecule has 0 spiro atoms. The third kappa shape index (κ3) is 4.15. The van der Waals surface area contributed by atoms with Gasteiger partial charge in [-0.25, -0.2) is 15.0 Å². The number of anilines is 2. The average Bonchev–Trinajstić information content (AvgIpc) is 2.64. The zero-order valence-corrected chi connectivity index (χ0v) is 14.7. The summed E-state index contributed by atoms with van der Waals surface area (Å²) in [5.41, 5.74) is 6.35. The quantitative estimate of drug-likeness (QED) is 0.781. The highest BCUT2D eigenvalue weighted by Gasteiger charge is 2.26. The number of fused-ring (bicyclic) bond motifs is 1. The summed E-state index contributed by atoms with van der Waals surface area (Å²) >= 11 is 0. The number of piperidine rings is 1. The summed E-state index contributed by atoms with van der Waals surface area (Å²) in [4.78, 5) is 27.4. The summed E-state index contributed by atoms with van der Waals surface area (Å²) in [5, 5.41) is 3.97. The minimum atomic E-state index is 0.0970. The molecule has 3 N–H and O–H groups in total. The molecule has 7 nitrogen and oxygen atoms in total. The second kappa shape index (κ2) is 8.09. The van der Waals surface area contributed by atoms with Crippen LogP contribution in [0.15, 0.2) is 18.5 Å². The summed E-state index contributed by atoms with van der Waals surface area (Å²) < 4.78 is 0. The summed E-state index contributed by atoms with van der Waals surface area (Å²) in [6, 6.07) is 3.69. The molecule has 0 aromatic carbocycles. The van der Waals surface area contributed by atoms with Gasteiger partial charge in [0.15, 0.2) is 5.65 Å². The molecular formula is C18H26N6O. The number of nitrogens with two attached hydrogens (primary N) is 1. The molecule has 0 aliphatic carbocycles. The van der Waals surface area contributed by atoms with Gasteiger partial charge in [-0.1, -0.05) is 19.8 Å². The molecule has 0 unspecified atom stereocenters. The summed E-state index contributed by atoms with van der Waals surface area (Å²) in [6.07, 6.45) is 6.60. The summed E-state index contributed by atoms with van der Waals surface area (Å²) in [5.74, 6) is 1.62. The maximum absolute atomic E-state index is 12.3. The van der Waals surface area contributed by atoms with Gasteiger partial charge in [0.2, 0.25) is 5.91 Å². The lowest BCUT2D eigenvalue weighted by molar-refractivity contribution is -0.125. The molecule has 134 valence electrons. The van der Waals surface area contributed by atoms with Crippen molar-refractivity contribution in [1.29, 1.82) is 0 Å². The number of unbranched alkanes of at least 4 members (excludes halogenated alkanes) is 2. The topological polar surface area (TPSA) is 97.0 Å². The van der Waals surface area contributed by atoms with Gasteiger partial charge in [-0.3, -0.25) is 4.79 Å². The molecule has 1 fully saturated rings. The number of nitrogens with one attached hydrogen (secondary N) is 1. The van der Waals surface area contributed by atoms with Crippen molar-refractivity contribution in [1.82, 2.24) is 20.3 Å². The van der Waals surface area contributed by atoms with E-state index in [4.69, 9.17) is 5.73 Å². The van der Waals surface area contributed by atoms with Crippen LogP contribution in [0.5, 0.6) is 0 Å². The third-order valence-electron chi connectivity index (χ3n) is 4.74. The standard InChI is InChI=1S/C18H26N6O/c1-2-3-4-9-20-18(25)13-7-10-24(11-8-13)17-14-5-6-15(19)23-16(14)21-12-22-17/h5-6,12-13H,2-4,7-11H2,1H3,(H,20,25)(H2,19,21,22,23). The van der Waals surface area contributed by atoms with Crippen molar-refractivity contribution in [3.05, 3.63) is 18.5 Å². The second-order valence-corrected chi connectivity index (χ2v) is 6.56. The van der Waals surface area contributed by atoms with Crippen LogP contribution in [0, 0.1) is 5.92 Å². The van der Waals surface area contributed by atoms with Crippen molar-refractivity contribution >= 4 is 28.6 Å². The van der Waals surface area contributed by atoms with Crippen LogP contribution in [-0.2, 0) is 4.79 Å². The van der Waals surface area contributed by atoms with Crippen LogP contribution >= 0.6 is 0 Å². The van der Waals surface area contributed by atoms with Gasteiger partial charge in [-0.2, -0.15) is 0 Å². The Labute approximate surface area is 148 Å². The van der Waals surface area contributed by atoms with Crippen LogP contribution in [0.25, 0.3) is 11.0 Å². The van der Waals surface area contributed by atoms with E-state index in [-0.39, 0.29) is 11.8 Å². The number of carbonyl (C=O) groups is 1. The normalized spacial score (nSPS) is 15.5. The average molecular weight is 342 g/mol. The van der Waals surface area contributed by atoms with E-state index in [2.05, 4.69) is 32.1 Å². The number of hydrogen-bond donors (Lipinski definition) is 2. The fourth-order valence-corrected chi connectivity index (χ4v) is 3.28. The number of amides is 1. The number of rotatable bonds is 6. The van der Waals surface area contributed by atoms with E-state index in [0.29, 0.717) is 11.5 Å². The van der Waals surface area contributed by atoms with E-state index in [9.17, 15) is 4.79 Å². The Kier molecular flexibility index (Phi) is 5.63. The lowest BCUT2D eigenvalue weighted by Gasteiger charge is -2.32. The van der Waals surface area contributed by atoms with Gasteiger partial charge in [0.25, 0.3) is 0 Å². The number of nitrogens with zero attached hydrogens (tertiary/aromatic N) is 4. The van der Waals surface area contributed by atoms with E-state index < -0.39 is 0 Å². The molecule has 1 saturated heterocycles. The fraction of sp³-hybridized carbons (Fsp3) is 0.556. The molecule has 3 heterocycles. The van der Waals surface area contributed by atoms with E-state index in [1.54, 1.807) is 6.07 Å². The smallest absolute Gasteiger partial charge is 0.223 e. The first-order valence-corrected chi connectivity index (χ1v) is 9.09. The molecule has 1 aliphatic rings. The zero-order chi connectivity index (χ0) is 17.6. The van der Waals surface area contributed by atoms with E-state index in [0.717, 1.165) is 56.5 Å². The fourth-order valence-electron chi connectivity index (χ4n) is 3.28. The highest BCUT2D eigenvalue weighted by molar-refractivity contribution is 5.88. The predicted molar refractivity (Wildman–Crippen MR) is 99.2 cm³/mol. The molecule has 1 aliphatic heterocycles. The number of nitrogen functional groups attached to an aromatic ring is 1. The summed E-state index contributed by atoms with van der Waals surface area (Å²) in [7, 11) is 0. The molecule has 0 radical (unpaired) electrons. The molecule has 2 aromatic rings. The Bertz CT molecular complexity index is 727. The van der Waals surface area contributed by atoms with Gasteiger partial charge >= 0.3 is 0 Å². The van der Waals surface area contributed by atoms with Crippen LogP contribution < -0.4 is 16.0 Å². The van der Waals surface area contributed by atoms with Crippen molar-refractivity contribution in [2.45, 2.75) is 39.0 Å².